The predicted molar refractivity (Wildman–Crippen MR) is 85.1 cm³/mol. The first kappa shape index (κ1) is 15.7. The molecule has 1 aliphatic heterocycles. The number of aromatic nitrogens is 1. The lowest BCUT2D eigenvalue weighted by atomic mass is 9.98. The molecule has 0 unspecified atom stereocenters. The number of ether oxygens (including phenoxy) is 1. The van der Waals surface area contributed by atoms with Crippen molar-refractivity contribution in [1.29, 1.82) is 0 Å². The van der Waals surface area contributed by atoms with Crippen molar-refractivity contribution in [2.45, 2.75) is 18.9 Å². The van der Waals surface area contributed by atoms with Gasteiger partial charge in [0, 0.05) is 11.6 Å². The fourth-order valence-electron chi connectivity index (χ4n) is 2.61. The maximum Gasteiger partial charge on any atom is 0.404 e. The van der Waals surface area contributed by atoms with E-state index in [2.05, 4.69) is 10.3 Å². The van der Waals surface area contributed by atoms with E-state index in [1.807, 2.05) is 18.2 Å². The van der Waals surface area contributed by atoms with Crippen LogP contribution in [0.4, 0.5) is 10.5 Å². The minimum atomic E-state index is -1.07. The second kappa shape index (κ2) is 6.53. The summed E-state index contributed by atoms with van der Waals surface area (Å²) in [6.07, 6.45) is 1.46. The number of amides is 1. The van der Waals surface area contributed by atoms with E-state index in [0.29, 0.717) is 12.1 Å². The van der Waals surface area contributed by atoms with E-state index in [1.54, 1.807) is 6.07 Å². The summed E-state index contributed by atoms with van der Waals surface area (Å²) < 4.78 is 5.79. The molecule has 1 aromatic carbocycles. The van der Waals surface area contributed by atoms with E-state index in [4.69, 9.17) is 9.84 Å². The molecular weight excluding hydrogens is 314 g/mol. The monoisotopic (exact) mass is 329 g/mol. The minimum absolute atomic E-state index is 0.0474. The Hall–Kier alpha value is -3.16. The van der Waals surface area contributed by atoms with Gasteiger partial charge in [-0.2, -0.15) is 0 Å². The molecular formula is C16H15N3O5. The molecule has 0 saturated heterocycles. The van der Waals surface area contributed by atoms with Gasteiger partial charge in [-0.25, -0.2) is 9.78 Å². The van der Waals surface area contributed by atoms with Crippen LogP contribution in [0, 0.1) is 10.1 Å². The number of nitro groups is 1. The molecule has 8 nitrogen and oxygen atoms in total. The zero-order valence-electron chi connectivity index (χ0n) is 12.6. The fourth-order valence-corrected chi connectivity index (χ4v) is 2.61. The van der Waals surface area contributed by atoms with E-state index in [1.165, 1.54) is 12.3 Å². The summed E-state index contributed by atoms with van der Waals surface area (Å²) in [4.78, 5) is 24.9. The second-order valence-corrected chi connectivity index (χ2v) is 5.45. The molecule has 1 amide bonds. The Morgan fingerprint density at radius 1 is 1.42 bits per heavy atom. The molecule has 124 valence electrons. The van der Waals surface area contributed by atoms with Crippen molar-refractivity contribution in [2.24, 2.45) is 0 Å². The highest BCUT2D eigenvalue weighted by Crippen LogP contribution is 2.31. The van der Waals surface area contributed by atoms with Crippen LogP contribution >= 0.6 is 0 Å². The minimum Gasteiger partial charge on any atom is -0.488 e. The SMILES string of the molecule is O=C(O)NC[C@H]1CCc2cc(-c3ccc([N+](=O)[O-])cn3)ccc2O1. The first-order valence-electron chi connectivity index (χ1n) is 7.40. The predicted octanol–water partition coefficient (Wildman–Crippen LogP) is 2.62. The molecule has 24 heavy (non-hydrogen) atoms. The number of rotatable bonds is 4. The Morgan fingerprint density at radius 2 is 2.25 bits per heavy atom. The highest BCUT2D eigenvalue weighted by molar-refractivity contribution is 5.64. The first-order chi connectivity index (χ1) is 11.5. The third-order valence-electron chi connectivity index (χ3n) is 3.83. The lowest BCUT2D eigenvalue weighted by Crippen LogP contribution is -2.36. The Balaban J connectivity index is 1.75. The second-order valence-electron chi connectivity index (χ2n) is 5.45. The summed E-state index contributed by atoms with van der Waals surface area (Å²) in [5, 5.41) is 21.6. The number of aryl methyl sites for hydroxylation is 1. The van der Waals surface area contributed by atoms with Crippen LogP contribution in [-0.4, -0.2) is 33.8 Å². The number of nitrogens with zero attached hydrogens (tertiary/aromatic N) is 2. The van der Waals surface area contributed by atoms with Gasteiger partial charge in [0.2, 0.25) is 0 Å². The lowest BCUT2D eigenvalue weighted by molar-refractivity contribution is -0.385. The maximum absolute atomic E-state index is 10.7. The molecule has 0 bridgehead atoms. The average Bonchev–Trinajstić information content (AvgIpc) is 2.59. The summed E-state index contributed by atoms with van der Waals surface area (Å²) >= 11 is 0. The molecule has 8 heteroatoms. The van der Waals surface area contributed by atoms with Crippen molar-refractivity contribution in [3.63, 3.8) is 0 Å². The number of carboxylic acid groups (broad SMARTS) is 1. The summed E-state index contributed by atoms with van der Waals surface area (Å²) in [6, 6.07) is 8.64. The molecule has 0 radical (unpaired) electrons. The third-order valence-corrected chi connectivity index (χ3v) is 3.83. The molecule has 1 aliphatic rings. The number of carbonyl (C=O) groups is 1. The quantitative estimate of drug-likeness (QED) is 0.658. The van der Waals surface area contributed by atoms with Crippen LogP contribution in [0.3, 0.4) is 0 Å². The van der Waals surface area contributed by atoms with Gasteiger partial charge in [-0.15, -0.1) is 0 Å². The van der Waals surface area contributed by atoms with E-state index in [9.17, 15) is 14.9 Å². The average molecular weight is 329 g/mol. The molecule has 1 aromatic heterocycles. The van der Waals surface area contributed by atoms with Crippen molar-refractivity contribution in [1.82, 2.24) is 10.3 Å². The zero-order valence-corrected chi connectivity index (χ0v) is 12.6. The number of benzene rings is 1. The van der Waals surface area contributed by atoms with Crippen LogP contribution in [0.25, 0.3) is 11.3 Å². The van der Waals surface area contributed by atoms with Gasteiger partial charge in [0.15, 0.2) is 0 Å². The molecule has 2 aromatic rings. The van der Waals surface area contributed by atoms with Gasteiger partial charge in [-0.05, 0) is 42.7 Å². The van der Waals surface area contributed by atoms with Gasteiger partial charge in [0.25, 0.3) is 5.69 Å². The first-order valence-corrected chi connectivity index (χ1v) is 7.40. The number of pyridine rings is 1. The number of nitrogens with one attached hydrogen (secondary N) is 1. The van der Waals surface area contributed by atoms with E-state index in [-0.39, 0.29) is 18.3 Å². The van der Waals surface area contributed by atoms with E-state index >= 15 is 0 Å². The van der Waals surface area contributed by atoms with E-state index < -0.39 is 11.0 Å². The van der Waals surface area contributed by atoms with Gasteiger partial charge < -0.3 is 15.2 Å². The summed E-state index contributed by atoms with van der Waals surface area (Å²) in [5.41, 5.74) is 2.47. The topological polar surface area (TPSA) is 115 Å². The summed E-state index contributed by atoms with van der Waals surface area (Å²) in [7, 11) is 0. The van der Waals surface area contributed by atoms with E-state index in [0.717, 1.165) is 23.3 Å². The van der Waals surface area contributed by atoms with Crippen LogP contribution in [0.2, 0.25) is 0 Å². The van der Waals surface area contributed by atoms with Crippen LogP contribution < -0.4 is 10.1 Å². The Labute approximate surface area is 137 Å². The third kappa shape index (κ3) is 3.43. The molecule has 0 aliphatic carbocycles. The summed E-state index contributed by atoms with van der Waals surface area (Å²) in [6.45, 7) is 0.250. The normalized spacial score (nSPS) is 15.9. The van der Waals surface area contributed by atoms with Crippen LogP contribution in [0.1, 0.15) is 12.0 Å². The van der Waals surface area contributed by atoms with Gasteiger partial charge in [-0.3, -0.25) is 10.1 Å². The van der Waals surface area contributed by atoms with Crippen LogP contribution in [0.5, 0.6) is 5.75 Å². The van der Waals surface area contributed by atoms with Crippen LogP contribution in [0.15, 0.2) is 36.5 Å². The van der Waals surface area contributed by atoms with Gasteiger partial charge in [-0.1, -0.05) is 0 Å². The van der Waals surface area contributed by atoms with Gasteiger partial charge in [0.05, 0.1) is 17.2 Å². The maximum atomic E-state index is 10.7. The van der Waals surface area contributed by atoms with Crippen molar-refractivity contribution in [3.05, 3.63) is 52.2 Å². The molecule has 2 heterocycles. The molecule has 3 rings (SSSR count). The Morgan fingerprint density at radius 3 is 2.92 bits per heavy atom. The molecule has 0 spiro atoms. The van der Waals surface area contributed by atoms with Crippen molar-refractivity contribution in [2.75, 3.05) is 6.54 Å². The molecule has 0 fully saturated rings. The zero-order chi connectivity index (χ0) is 17.1. The molecule has 0 saturated carbocycles. The van der Waals surface area contributed by atoms with Crippen LogP contribution in [-0.2, 0) is 6.42 Å². The molecule has 2 N–H and O–H groups in total. The fraction of sp³-hybridized carbons (Fsp3) is 0.250. The summed E-state index contributed by atoms with van der Waals surface area (Å²) in [5.74, 6) is 0.726. The highest BCUT2D eigenvalue weighted by atomic mass is 16.6. The number of fused-ring (bicyclic) bond motifs is 1. The highest BCUT2D eigenvalue weighted by Gasteiger charge is 2.21. The Kier molecular flexibility index (Phi) is 4.28. The van der Waals surface area contributed by atoms with Gasteiger partial charge in [0.1, 0.15) is 18.1 Å². The van der Waals surface area contributed by atoms with Gasteiger partial charge >= 0.3 is 6.09 Å². The standard InChI is InChI=1S/C16H15N3O5/c20-16(21)18-9-13-4-1-11-7-10(2-6-15(11)24-13)14-5-3-12(8-17-14)19(22)23/h2-3,5-8,13,18H,1,4,9H2,(H,20,21)/t13-/m1/s1. The van der Waals surface area contributed by atoms with Crippen molar-refractivity contribution in [3.8, 4) is 17.0 Å². The number of hydrogen-bond donors (Lipinski definition) is 2. The molecule has 1 atom stereocenters. The number of hydrogen-bond acceptors (Lipinski definition) is 5. The van der Waals surface area contributed by atoms with Crippen molar-refractivity contribution >= 4 is 11.8 Å². The Bertz CT molecular complexity index is 776. The smallest absolute Gasteiger partial charge is 0.404 e. The van der Waals surface area contributed by atoms with Crippen molar-refractivity contribution < 1.29 is 19.6 Å². The lowest BCUT2D eigenvalue weighted by Gasteiger charge is -2.26. The largest absolute Gasteiger partial charge is 0.488 e.